The molecule has 3 aromatic carbocycles. The van der Waals surface area contributed by atoms with E-state index < -0.39 is 0 Å². The Labute approximate surface area is 143 Å². The van der Waals surface area contributed by atoms with Crippen molar-refractivity contribution < 1.29 is 4.74 Å². The van der Waals surface area contributed by atoms with Crippen LogP contribution in [0.5, 0.6) is 5.75 Å². The molecule has 0 aliphatic heterocycles. The van der Waals surface area contributed by atoms with E-state index in [4.69, 9.17) is 4.74 Å². The monoisotopic (exact) mass is 365 g/mol. The molecule has 0 spiro atoms. The molecule has 0 amide bonds. The fraction of sp³-hybridized carbons (Fsp3) is 0.100. The maximum atomic E-state index is 6.08. The second-order valence-corrected chi connectivity index (χ2v) is 6.59. The number of para-hydroxylation sites is 1. The number of aromatic amines is 1. The smallest absolute Gasteiger partial charge is 0.143 e. The van der Waals surface area contributed by atoms with E-state index in [0.29, 0.717) is 6.61 Å². The third-order valence-corrected chi connectivity index (χ3v) is 4.87. The summed E-state index contributed by atoms with van der Waals surface area (Å²) in [4.78, 5) is 3.49. The first-order valence-corrected chi connectivity index (χ1v) is 8.39. The number of halogens is 1. The van der Waals surface area contributed by atoms with Crippen LogP contribution in [0.2, 0.25) is 0 Å². The van der Waals surface area contributed by atoms with Gasteiger partial charge in [-0.15, -0.1) is 0 Å². The van der Waals surface area contributed by atoms with Crippen LogP contribution in [0, 0.1) is 6.92 Å². The molecule has 0 bridgehead atoms. The number of aryl methyl sites for hydroxylation is 1. The van der Waals surface area contributed by atoms with Crippen molar-refractivity contribution in [1.29, 1.82) is 0 Å². The van der Waals surface area contributed by atoms with Crippen molar-refractivity contribution in [2.45, 2.75) is 13.5 Å². The molecule has 0 aliphatic rings. The van der Waals surface area contributed by atoms with Crippen LogP contribution in [-0.2, 0) is 6.61 Å². The molecule has 4 rings (SSSR count). The zero-order chi connectivity index (χ0) is 15.8. The molecule has 23 heavy (non-hydrogen) atoms. The molecule has 4 aromatic rings. The lowest BCUT2D eigenvalue weighted by Crippen LogP contribution is -1.96. The minimum Gasteiger partial charge on any atom is -0.487 e. The molecule has 1 heterocycles. The van der Waals surface area contributed by atoms with E-state index in [0.717, 1.165) is 26.8 Å². The van der Waals surface area contributed by atoms with E-state index in [1.165, 1.54) is 16.3 Å². The number of hydrogen-bond acceptors (Lipinski definition) is 1. The summed E-state index contributed by atoms with van der Waals surface area (Å²) < 4.78 is 7.15. The molecule has 0 aliphatic carbocycles. The first-order valence-electron chi connectivity index (χ1n) is 7.59. The zero-order valence-corrected chi connectivity index (χ0v) is 14.4. The number of fused-ring (bicyclic) bond motifs is 3. The van der Waals surface area contributed by atoms with Crippen LogP contribution in [0.25, 0.3) is 21.8 Å². The first-order chi connectivity index (χ1) is 11.2. The molecular weight excluding hydrogens is 350 g/mol. The van der Waals surface area contributed by atoms with Crippen LogP contribution in [0.1, 0.15) is 11.1 Å². The van der Waals surface area contributed by atoms with E-state index in [-0.39, 0.29) is 0 Å². The minimum absolute atomic E-state index is 0.537. The minimum atomic E-state index is 0.537. The Hall–Kier alpha value is -2.26. The molecule has 0 radical (unpaired) electrons. The summed E-state index contributed by atoms with van der Waals surface area (Å²) in [6.45, 7) is 2.65. The summed E-state index contributed by atoms with van der Waals surface area (Å²) in [7, 11) is 0. The topological polar surface area (TPSA) is 25.0 Å². The molecule has 3 heteroatoms. The van der Waals surface area contributed by atoms with Gasteiger partial charge in [-0.3, -0.25) is 0 Å². The Balaban J connectivity index is 1.75. The zero-order valence-electron chi connectivity index (χ0n) is 12.8. The predicted octanol–water partition coefficient (Wildman–Crippen LogP) is 5.97. The normalized spacial score (nSPS) is 11.2. The number of H-pyrrole nitrogens is 1. The number of ether oxygens (including phenoxy) is 1. The average molecular weight is 366 g/mol. The first kappa shape index (κ1) is 14.3. The Bertz CT molecular complexity index is 1000. The fourth-order valence-corrected chi connectivity index (χ4v) is 3.30. The molecule has 114 valence electrons. The van der Waals surface area contributed by atoms with Crippen molar-refractivity contribution in [2.24, 2.45) is 0 Å². The van der Waals surface area contributed by atoms with E-state index in [9.17, 15) is 0 Å². The van der Waals surface area contributed by atoms with Crippen molar-refractivity contribution in [1.82, 2.24) is 4.98 Å². The third kappa shape index (κ3) is 2.62. The van der Waals surface area contributed by atoms with Crippen LogP contribution in [0.4, 0.5) is 0 Å². The summed E-state index contributed by atoms with van der Waals surface area (Å²) >= 11 is 3.57. The van der Waals surface area contributed by atoms with Crippen LogP contribution in [-0.4, -0.2) is 4.98 Å². The van der Waals surface area contributed by atoms with Gasteiger partial charge in [0.25, 0.3) is 0 Å². The Morgan fingerprint density at radius 3 is 2.70 bits per heavy atom. The quantitative estimate of drug-likeness (QED) is 0.475. The standard InChI is InChI=1S/C20H16BrNO/c1-13-9-10-18-16(11-13)15-6-4-8-19(20(15)22-18)23-12-14-5-2-3-7-17(14)21/h2-11,22H,12H2,1H3. The van der Waals surface area contributed by atoms with E-state index in [2.05, 4.69) is 58.2 Å². The molecule has 1 N–H and O–H groups in total. The highest BCUT2D eigenvalue weighted by molar-refractivity contribution is 9.10. The number of benzene rings is 3. The van der Waals surface area contributed by atoms with Crippen molar-refractivity contribution >= 4 is 37.7 Å². The lowest BCUT2D eigenvalue weighted by atomic mass is 10.1. The maximum Gasteiger partial charge on any atom is 0.143 e. The Kier molecular flexibility index (Phi) is 3.58. The van der Waals surface area contributed by atoms with Gasteiger partial charge in [0.1, 0.15) is 12.4 Å². The summed E-state index contributed by atoms with van der Waals surface area (Å²) in [5.74, 6) is 0.882. The van der Waals surface area contributed by atoms with Gasteiger partial charge in [-0.1, -0.05) is 57.9 Å². The highest BCUT2D eigenvalue weighted by Gasteiger charge is 2.09. The van der Waals surface area contributed by atoms with Crippen molar-refractivity contribution in [3.05, 3.63) is 76.3 Å². The molecule has 0 saturated heterocycles. The Morgan fingerprint density at radius 2 is 1.83 bits per heavy atom. The van der Waals surface area contributed by atoms with Crippen molar-refractivity contribution in [3.8, 4) is 5.75 Å². The van der Waals surface area contributed by atoms with Gasteiger partial charge in [0.2, 0.25) is 0 Å². The van der Waals surface area contributed by atoms with Gasteiger partial charge in [0, 0.05) is 26.3 Å². The third-order valence-electron chi connectivity index (χ3n) is 4.09. The second-order valence-electron chi connectivity index (χ2n) is 5.73. The summed E-state index contributed by atoms with van der Waals surface area (Å²) in [5, 5.41) is 2.44. The predicted molar refractivity (Wildman–Crippen MR) is 99.0 cm³/mol. The molecule has 0 saturated carbocycles. The van der Waals surface area contributed by atoms with Crippen LogP contribution >= 0.6 is 15.9 Å². The summed E-state index contributed by atoms with van der Waals surface area (Å²) in [6.07, 6.45) is 0. The molecule has 1 aromatic heterocycles. The largest absolute Gasteiger partial charge is 0.487 e. The van der Waals surface area contributed by atoms with Crippen LogP contribution in [0.3, 0.4) is 0 Å². The SMILES string of the molecule is Cc1ccc2[nH]c3c(OCc4ccccc4Br)cccc3c2c1. The molecular formula is C20H16BrNO. The van der Waals surface area contributed by atoms with Gasteiger partial charge < -0.3 is 9.72 Å². The fourth-order valence-electron chi connectivity index (χ4n) is 2.90. The van der Waals surface area contributed by atoms with Crippen LogP contribution in [0.15, 0.2) is 65.1 Å². The number of aromatic nitrogens is 1. The van der Waals surface area contributed by atoms with Gasteiger partial charge >= 0.3 is 0 Å². The molecule has 0 fully saturated rings. The second kappa shape index (κ2) is 5.74. The van der Waals surface area contributed by atoms with E-state index >= 15 is 0 Å². The lowest BCUT2D eigenvalue weighted by Gasteiger charge is -2.08. The highest BCUT2D eigenvalue weighted by Crippen LogP contribution is 2.32. The molecule has 0 atom stereocenters. The maximum absolute atomic E-state index is 6.08. The Morgan fingerprint density at radius 1 is 0.957 bits per heavy atom. The number of hydrogen-bond donors (Lipinski definition) is 1. The van der Waals surface area contributed by atoms with Crippen LogP contribution < -0.4 is 4.74 Å². The summed E-state index contributed by atoms with van der Waals surface area (Å²) in [5.41, 5.74) is 4.59. The van der Waals surface area contributed by atoms with E-state index in [1.807, 2.05) is 30.3 Å². The van der Waals surface area contributed by atoms with Gasteiger partial charge in [-0.05, 0) is 31.2 Å². The summed E-state index contributed by atoms with van der Waals surface area (Å²) in [6, 6.07) is 20.8. The molecule has 2 nitrogen and oxygen atoms in total. The average Bonchev–Trinajstić information content (AvgIpc) is 2.93. The van der Waals surface area contributed by atoms with Gasteiger partial charge in [-0.25, -0.2) is 0 Å². The van der Waals surface area contributed by atoms with Crippen molar-refractivity contribution in [3.63, 3.8) is 0 Å². The number of nitrogens with one attached hydrogen (secondary N) is 1. The van der Waals surface area contributed by atoms with Gasteiger partial charge in [0.05, 0.1) is 5.52 Å². The van der Waals surface area contributed by atoms with Gasteiger partial charge in [-0.2, -0.15) is 0 Å². The van der Waals surface area contributed by atoms with Gasteiger partial charge in [0.15, 0.2) is 0 Å². The van der Waals surface area contributed by atoms with Crippen molar-refractivity contribution in [2.75, 3.05) is 0 Å². The molecule has 0 unspecified atom stereocenters. The highest BCUT2D eigenvalue weighted by atomic mass is 79.9. The number of rotatable bonds is 3. The lowest BCUT2D eigenvalue weighted by molar-refractivity contribution is 0.309. The van der Waals surface area contributed by atoms with E-state index in [1.54, 1.807) is 0 Å².